The maximum Gasteiger partial charge on any atom is 0.143 e. The van der Waals surface area contributed by atoms with Crippen molar-refractivity contribution in [2.45, 2.75) is 0 Å². The van der Waals surface area contributed by atoms with E-state index in [1.54, 1.807) is 0 Å². The normalized spacial score (nSPS) is 20.3. The van der Waals surface area contributed by atoms with Crippen molar-refractivity contribution in [3.8, 4) is 27.9 Å². The molecule has 0 amide bonds. The van der Waals surface area contributed by atoms with Gasteiger partial charge in [0.25, 0.3) is 0 Å². The maximum absolute atomic E-state index is 10.2. The first-order valence-electron chi connectivity index (χ1n) is 33.0. The number of fused-ring (bicyclic) bond motifs is 7. The highest BCUT2D eigenvalue weighted by atomic mass is 16.3. The fourth-order valence-electron chi connectivity index (χ4n) is 6.05. The molecule has 0 fully saturated rings. The van der Waals surface area contributed by atoms with Gasteiger partial charge in [0, 0.05) is 49.9 Å². The zero-order chi connectivity index (χ0) is 65.9. The molecule has 0 atom stereocenters. The minimum absolute atomic E-state index is 0.308. The molecule has 0 bridgehead atoms. The largest absolute Gasteiger partial charge is 0.455 e. The standard InChI is InChI=1S/C52H34N2O/c1-2-14-40(15-3-1)53(41-28-24-36(25-29-41)39-23-22-35-12-4-5-13-38(35)32-39)43-33-47(52-48(34-43)46-18-8-11-21-51(46)55-52)37-26-30-42(31-27-37)54-49-19-9-6-16-44(49)45-17-7-10-20-50(45)54/h1-34H/i1D,2D,3D,4D,5D,6D,7D,8D,9D,10D,11D,12D,13D,14D,15D,16D,17D,18D,19D,20D,21D,22D,23D,24D,25D,26D,27D,28D,29D,30D,31D,32D,33D,34D. The Kier molecular flexibility index (Phi) is 2.84. The van der Waals surface area contributed by atoms with Crippen molar-refractivity contribution in [1.82, 2.24) is 4.57 Å². The fraction of sp³-hybridized carbons (Fsp3) is 0. The average molecular weight is 737 g/mol. The van der Waals surface area contributed by atoms with Gasteiger partial charge in [0.15, 0.2) is 0 Å². The van der Waals surface area contributed by atoms with Gasteiger partial charge in [-0.2, -0.15) is 0 Å². The van der Waals surface area contributed by atoms with E-state index in [2.05, 4.69) is 0 Å². The van der Waals surface area contributed by atoms with Gasteiger partial charge in [0.05, 0.1) is 57.6 Å². The van der Waals surface area contributed by atoms with Crippen LogP contribution in [-0.4, -0.2) is 4.57 Å². The van der Waals surface area contributed by atoms with Gasteiger partial charge in [-0.15, -0.1) is 0 Å². The van der Waals surface area contributed by atoms with Crippen LogP contribution in [0.2, 0.25) is 0 Å². The van der Waals surface area contributed by atoms with Crippen LogP contribution < -0.4 is 4.90 Å². The Morgan fingerprint density at radius 1 is 0.400 bits per heavy atom. The SMILES string of the molecule is [2H]c1c([2H])c([2H])c(N(c2c([2H])c([2H])c(-c3c([2H])c([2H])c4c([2H])c([2H])c([2H])c([2H])c4c3[2H])c([2H])c2[2H])c2c([2H])c(-c3c([2H])c([2H])c(-n4c5c([2H])c([2H])c([2H])c([2H])c5c5c([2H])c([2H])c([2H])c([2H])c54)c([2H])c3[2H])c3oc4c([2H])c([2H])c([2H])c([2H])c4c3c2[2H])c([2H])c1[2H]. The third kappa shape index (κ3) is 5.20. The van der Waals surface area contributed by atoms with E-state index in [1.807, 2.05) is 0 Å². The summed E-state index contributed by atoms with van der Waals surface area (Å²) in [4.78, 5) is 0.308. The Hall–Kier alpha value is -7.36. The predicted molar refractivity (Wildman–Crippen MR) is 231 cm³/mol. The lowest BCUT2D eigenvalue weighted by Gasteiger charge is -2.26. The number of para-hydroxylation sites is 4. The first-order chi connectivity index (χ1) is 41.4. The van der Waals surface area contributed by atoms with Gasteiger partial charge in [0.2, 0.25) is 0 Å². The van der Waals surface area contributed by atoms with Crippen molar-refractivity contribution < 1.29 is 51.0 Å². The summed E-state index contributed by atoms with van der Waals surface area (Å²) < 4.78 is 315. The van der Waals surface area contributed by atoms with Gasteiger partial charge in [-0.3, -0.25) is 0 Å². The highest BCUT2D eigenvalue weighted by molar-refractivity contribution is 6.12. The zero-order valence-corrected chi connectivity index (χ0v) is 27.3. The van der Waals surface area contributed by atoms with E-state index in [-0.39, 0.29) is 0 Å². The van der Waals surface area contributed by atoms with E-state index in [9.17, 15) is 17.8 Å². The maximum atomic E-state index is 10.2. The molecule has 55 heavy (non-hydrogen) atoms. The molecule has 2 aromatic heterocycles. The minimum Gasteiger partial charge on any atom is -0.455 e. The Labute approximate surface area is 366 Å². The molecule has 11 aromatic rings. The van der Waals surface area contributed by atoms with Gasteiger partial charge in [-0.25, -0.2) is 0 Å². The molecule has 0 saturated heterocycles. The second kappa shape index (κ2) is 12.6. The van der Waals surface area contributed by atoms with Crippen LogP contribution in [0, 0.1) is 0 Å². The summed E-state index contributed by atoms with van der Waals surface area (Å²) >= 11 is 0. The molecule has 2 heterocycles. The van der Waals surface area contributed by atoms with Crippen molar-refractivity contribution in [2.24, 2.45) is 0 Å². The van der Waals surface area contributed by atoms with Gasteiger partial charge in [-0.1, -0.05) is 133 Å². The number of nitrogens with zero attached hydrogens (tertiary/aromatic N) is 2. The van der Waals surface area contributed by atoms with Crippen molar-refractivity contribution in [1.29, 1.82) is 0 Å². The van der Waals surface area contributed by atoms with E-state index in [1.165, 1.54) is 0 Å². The topological polar surface area (TPSA) is 21.3 Å². The number of anilines is 3. The molecule has 0 aliphatic heterocycles. The molecule has 0 N–H and O–H groups in total. The first-order valence-corrected chi connectivity index (χ1v) is 16.0. The smallest absolute Gasteiger partial charge is 0.143 e. The molecule has 9 aromatic carbocycles. The van der Waals surface area contributed by atoms with Crippen LogP contribution >= 0.6 is 0 Å². The molecular weight excluding hydrogens is 669 g/mol. The quantitative estimate of drug-likeness (QED) is 0.169. The number of rotatable bonds is 6. The van der Waals surface area contributed by atoms with Crippen LogP contribution in [-0.2, 0) is 0 Å². The zero-order valence-electron chi connectivity index (χ0n) is 61.3. The molecular formula is C52H34N2O. The predicted octanol–water partition coefficient (Wildman–Crippen LogP) is 14.6. The minimum atomic E-state index is -1.33. The molecule has 3 heteroatoms. The van der Waals surface area contributed by atoms with Gasteiger partial charge in [-0.05, 0) is 100.0 Å². The third-order valence-corrected chi connectivity index (χ3v) is 8.44. The summed E-state index contributed by atoms with van der Waals surface area (Å²) in [5.74, 6) is 0. The lowest BCUT2D eigenvalue weighted by molar-refractivity contribution is 0.670. The lowest BCUT2D eigenvalue weighted by Crippen LogP contribution is -2.10. The molecule has 0 saturated carbocycles. The van der Waals surface area contributed by atoms with E-state index >= 15 is 0 Å². The van der Waals surface area contributed by atoms with Crippen LogP contribution in [0.25, 0.3) is 82.5 Å². The summed E-state index contributed by atoms with van der Waals surface area (Å²) in [5.41, 5.74) is -11.4. The summed E-state index contributed by atoms with van der Waals surface area (Å²) in [6, 6.07) is -35.6. The second-order valence-electron chi connectivity index (χ2n) is 11.5. The van der Waals surface area contributed by atoms with Crippen molar-refractivity contribution in [3.63, 3.8) is 0 Å². The summed E-state index contributed by atoms with van der Waals surface area (Å²) in [5, 5.41) is -3.86. The molecule has 0 spiro atoms. The number of hydrogen-bond acceptors (Lipinski definition) is 2. The van der Waals surface area contributed by atoms with Crippen LogP contribution in [0.1, 0.15) is 46.6 Å². The fourth-order valence-corrected chi connectivity index (χ4v) is 6.05. The molecule has 258 valence electrons. The van der Waals surface area contributed by atoms with Crippen LogP contribution in [0.3, 0.4) is 0 Å². The molecule has 3 nitrogen and oxygen atoms in total. The Morgan fingerprint density at radius 3 is 1.73 bits per heavy atom. The van der Waals surface area contributed by atoms with E-state index < -0.39 is 305 Å². The lowest BCUT2D eigenvalue weighted by atomic mass is 9.99. The first kappa shape index (κ1) is 12.3. The summed E-state index contributed by atoms with van der Waals surface area (Å²) in [6.45, 7) is 0. The highest BCUT2D eigenvalue weighted by Crippen LogP contribution is 2.44. The van der Waals surface area contributed by atoms with Gasteiger partial charge >= 0.3 is 0 Å². The summed E-state index contributed by atoms with van der Waals surface area (Å²) in [6.07, 6.45) is 0. The number of furan rings is 1. The molecule has 0 aliphatic carbocycles. The Morgan fingerprint density at radius 2 is 0.982 bits per heavy atom. The molecule has 0 unspecified atom stereocenters. The summed E-state index contributed by atoms with van der Waals surface area (Å²) in [7, 11) is 0. The average Bonchev–Trinajstić information content (AvgIpc) is 1.79. The van der Waals surface area contributed by atoms with E-state index in [0.717, 1.165) is 0 Å². The van der Waals surface area contributed by atoms with E-state index in [0.29, 0.717) is 9.47 Å². The number of hydrogen-bond donors (Lipinski definition) is 0. The van der Waals surface area contributed by atoms with Crippen LogP contribution in [0.15, 0.2) is 210 Å². The Bertz CT molecular complexity index is 5040. The highest BCUT2D eigenvalue weighted by Gasteiger charge is 2.20. The Balaban J connectivity index is 1.34. The van der Waals surface area contributed by atoms with Crippen LogP contribution in [0.5, 0.6) is 0 Å². The van der Waals surface area contributed by atoms with Crippen LogP contribution in [0.4, 0.5) is 17.1 Å². The molecule has 0 radical (unpaired) electrons. The van der Waals surface area contributed by atoms with Crippen molar-refractivity contribution in [3.05, 3.63) is 205 Å². The van der Waals surface area contributed by atoms with Crippen molar-refractivity contribution >= 4 is 71.6 Å². The number of aromatic nitrogens is 1. The third-order valence-electron chi connectivity index (χ3n) is 8.44. The monoisotopic (exact) mass is 736 g/mol. The van der Waals surface area contributed by atoms with Crippen molar-refractivity contribution in [2.75, 3.05) is 4.90 Å². The molecule has 0 aliphatic rings. The second-order valence-corrected chi connectivity index (χ2v) is 11.5. The van der Waals surface area contributed by atoms with E-state index in [4.69, 9.17) is 33.2 Å². The number of benzene rings is 9. The van der Waals surface area contributed by atoms with Gasteiger partial charge < -0.3 is 13.9 Å². The molecule has 11 rings (SSSR count). The van der Waals surface area contributed by atoms with Gasteiger partial charge in [0.1, 0.15) is 11.2 Å².